The van der Waals surface area contributed by atoms with Crippen LogP contribution in [0.3, 0.4) is 0 Å². The number of nitrogens with zero attached hydrogens (tertiary/aromatic N) is 3. The molecule has 2 aromatic heterocycles. The van der Waals surface area contributed by atoms with E-state index < -0.39 is 0 Å². The highest BCUT2D eigenvalue weighted by molar-refractivity contribution is 5.79. The van der Waals surface area contributed by atoms with Gasteiger partial charge in [0.1, 0.15) is 0 Å². The maximum Gasteiger partial charge on any atom is 0.225 e. The fourth-order valence-corrected chi connectivity index (χ4v) is 2.33. The fraction of sp³-hybridized carbons (Fsp3) is 0.250. The minimum atomic E-state index is 0.573. The second-order valence-corrected chi connectivity index (χ2v) is 4.77. The van der Waals surface area contributed by atoms with E-state index in [9.17, 15) is 0 Å². The molecule has 5 heteroatoms. The van der Waals surface area contributed by atoms with Gasteiger partial charge in [0, 0.05) is 37.1 Å². The second-order valence-electron chi connectivity index (χ2n) is 4.77. The number of hydrogen-bond acceptors (Lipinski definition) is 4. The zero-order chi connectivity index (χ0) is 14.5. The van der Waals surface area contributed by atoms with Crippen LogP contribution in [-0.2, 0) is 6.54 Å². The molecule has 0 radical (unpaired) electrons. The highest BCUT2D eigenvalue weighted by atomic mass is 16.5. The maximum absolute atomic E-state index is 5.07. The zero-order valence-electron chi connectivity index (χ0n) is 12.0. The van der Waals surface area contributed by atoms with Crippen molar-refractivity contribution in [2.75, 3.05) is 19.0 Å². The number of nitrogens with one attached hydrogen (secondary N) is 1. The van der Waals surface area contributed by atoms with Crippen LogP contribution >= 0.6 is 0 Å². The van der Waals surface area contributed by atoms with Gasteiger partial charge in [0.25, 0.3) is 0 Å². The van der Waals surface area contributed by atoms with Gasteiger partial charge >= 0.3 is 0 Å². The van der Waals surface area contributed by atoms with Crippen LogP contribution in [-0.4, -0.2) is 28.2 Å². The summed E-state index contributed by atoms with van der Waals surface area (Å²) in [6, 6.07) is 12.3. The van der Waals surface area contributed by atoms with E-state index in [1.807, 2.05) is 0 Å². The highest BCUT2D eigenvalue weighted by Gasteiger charge is 2.01. The van der Waals surface area contributed by atoms with Crippen LogP contribution in [0.4, 0.5) is 5.95 Å². The van der Waals surface area contributed by atoms with Crippen molar-refractivity contribution in [3.05, 3.63) is 48.8 Å². The van der Waals surface area contributed by atoms with E-state index in [1.54, 1.807) is 19.4 Å². The number of methoxy groups -OCH3 is 1. The Kier molecular flexibility index (Phi) is 4.00. The first-order valence-electron chi connectivity index (χ1n) is 7.01. The van der Waals surface area contributed by atoms with Crippen LogP contribution < -0.4 is 10.1 Å². The van der Waals surface area contributed by atoms with Gasteiger partial charge < -0.3 is 14.6 Å². The predicted molar refractivity (Wildman–Crippen MR) is 83.6 cm³/mol. The van der Waals surface area contributed by atoms with E-state index in [0.717, 1.165) is 19.5 Å². The van der Waals surface area contributed by atoms with E-state index in [2.05, 4.69) is 56.4 Å². The summed E-state index contributed by atoms with van der Waals surface area (Å²) in [7, 11) is 1.60. The number of ether oxygens (including phenoxy) is 1. The van der Waals surface area contributed by atoms with Gasteiger partial charge in [-0.25, -0.2) is 4.98 Å². The Hall–Kier alpha value is -2.56. The predicted octanol–water partition coefficient (Wildman–Crippen LogP) is 2.94. The first kappa shape index (κ1) is 13.4. The lowest BCUT2D eigenvalue weighted by Gasteiger charge is -2.07. The molecular formula is C16H18N4O. The van der Waals surface area contributed by atoms with Gasteiger partial charge in [-0.05, 0) is 23.9 Å². The molecule has 0 spiro atoms. The Morgan fingerprint density at radius 1 is 1.19 bits per heavy atom. The molecule has 2 heterocycles. The molecule has 0 saturated carbocycles. The Balaban J connectivity index is 1.54. The van der Waals surface area contributed by atoms with Gasteiger partial charge in [-0.1, -0.05) is 18.2 Å². The van der Waals surface area contributed by atoms with E-state index in [4.69, 9.17) is 4.74 Å². The SMILES string of the molecule is COc1ccnc(NCCCn2ccc3ccccc32)n1. The second kappa shape index (κ2) is 6.26. The van der Waals surface area contributed by atoms with E-state index in [1.165, 1.54) is 10.9 Å². The summed E-state index contributed by atoms with van der Waals surface area (Å²) in [4.78, 5) is 8.39. The number of benzene rings is 1. The van der Waals surface area contributed by atoms with Gasteiger partial charge in [-0.3, -0.25) is 0 Å². The molecular weight excluding hydrogens is 264 g/mol. The van der Waals surface area contributed by atoms with Crippen molar-refractivity contribution >= 4 is 16.9 Å². The lowest BCUT2D eigenvalue weighted by molar-refractivity contribution is 0.397. The Morgan fingerprint density at radius 2 is 2.10 bits per heavy atom. The summed E-state index contributed by atoms with van der Waals surface area (Å²) in [5.41, 5.74) is 1.27. The van der Waals surface area contributed by atoms with Crippen molar-refractivity contribution < 1.29 is 4.74 Å². The van der Waals surface area contributed by atoms with Crippen LogP contribution in [0.15, 0.2) is 48.8 Å². The zero-order valence-corrected chi connectivity index (χ0v) is 12.0. The number of anilines is 1. The van der Waals surface area contributed by atoms with Gasteiger partial charge in [0.15, 0.2) is 0 Å². The maximum atomic E-state index is 5.07. The van der Waals surface area contributed by atoms with E-state index >= 15 is 0 Å². The number of fused-ring (bicyclic) bond motifs is 1. The molecule has 5 nitrogen and oxygen atoms in total. The van der Waals surface area contributed by atoms with Crippen molar-refractivity contribution in [2.45, 2.75) is 13.0 Å². The lowest BCUT2D eigenvalue weighted by atomic mass is 10.2. The fourth-order valence-electron chi connectivity index (χ4n) is 2.33. The van der Waals surface area contributed by atoms with Crippen molar-refractivity contribution in [1.29, 1.82) is 0 Å². The van der Waals surface area contributed by atoms with Crippen molar-refractivity contribution in [1.82, 2.24) is 14.5 Å². The molecule has 0 amide bonds. The molecule has 0 saturated heterocycles. The number of hydrogen-bond donors (Lipinski definition) is 1. The molecule has 3 rings (SSSR count). The van der Waals surface area contributed by atoms with Gasteiger partial charge in [0.05, 0.1) is 7.11 Å². The average molecular weight is 282 g/mol. The first-order chi connectivity index (χ1) is 10.4. The highest BCUT2D eigenvalue weighted by Crippen LogP contribution is 2.15. The molecule has 108 valence electrons. The van der Waals surface area contributed by atoms with E-state index in [0.29, 0.717) is 11.8 Å². The first-order valence-corrected chi connectivity index (χ1v) is 7.01. The Morgan fingerprint density at radius 3 is 3.00 bits per heavy atom. The molecule has 0 aliphatic heterocycles. The molecule has 0 aliphatic rings. The topological polar surface area (TPSA) is 52.0 Å². The monoisotopic (exact) mass is 282 g/mol. The van der Waals surface area contributed by atoms with Crippen LogP contribution in [0.5, 0.6) is 5.88 Å². The molecule has 0 aliphatic carbocycles. The summed E-state index contributed by atoms with van der Waals surface area (Å²) >= 11 is 0. The number of rotatable bonds is 6. The normalized spacial score (nSPS) is 10.7. The van der Waals surface area contributed by atoms with Crippen LogP contribution in [0.2, 0.25) is 0 Å². The number of aryl methyl sites for hydroxylation is 1. The number of para-hydroxylation sites is 1. The van der Waals surface area contributed by atoms with E-state index in [-0.39, 0.29) is 0 Å². The van der Waals surface area contributed by atoms with Crippen molar-refractivity contribution in [2.24, 2.45) is 0 Å². The molecule has 21 heavy (non-hydrogen) atoms. The lowest BCUT2D eigenvalue weighted by Crippen LogP contribution is -2.08. The van der Waals surface area contributed by atoms with Crippen LogP contribution in [0, 0.1) is 0 Å². The summed E-state index contributed by atoms with van der Waals surface area (Å²) < 4.78 is 7.34. The van der Waals surface area contributed by atoms with Crippen molar-refractivity contribution in [3.63, 3.8) is 0 Å². The molecule has 1 N–H and O–H groups in total. The third-order valence-corrected chi connectivity index (χ3v) is 3.38. The summed E-state index contributed by atoms with van der Waals surface area (Å²) in [6.07, 6.45) is 4.82. The Bertz CT molecular complexity index is 723. The van der Waals surface area contributed by atoms with Gasteiger partial charge in [-0.15, -0.1) is 0 Å². The smallest absolute Gasteiger partial charge is 0.225 e. The average Bonchev–Trinajstić information content (AvgIpc) is 2.95. The summed E-state index contributed by atoms with van der Waals surface area (Å²) in [5, 5.41) is 4.49. The van der Waals surface area contributed by atoms with Gasteiger partial charge in [0.2, 0.25) is 11.8 Å². The third-order valence-electron chi connectivity index (χ3n) is 3.38. The summed E-state index contributed by atoms with van der Waals surface area (Å²) in [6.45, 7) is 1.78. The number of aromatic nitrogens is 3. The molecule has 0 fully saturated rings. The minimum absolute atomic E-state index is 0.573. The third kappa shape index (κ3) is 3.13. The standard InChI is InChI=1S/C16H18N4O/c1-21-15-7-10-18-16(19-15)17-9-4-11-20-12-8-13-5-2-3-6-14(13)20/h2-3,5-8,10,12H,4,9,11H2,1H3,(H,17,18,19). The van der Waals surface area contributed by atoms with Crippen molar-refractivity contribution in [3.8, 4) is 5.88 Å². The minimum Gasteiger partial charge on any atom is -0.481 e. The quantitative estimate of drug-likeness (QED) is 0.706. The molecule has 1 aromatic carbocycles. The van der Waals surface area contributed by atoms with Crippen LogP contribution in [0.25, 0.3) is 10.9 Å². The summed E-state index contributed by atoms with van der Waals surface area (Å²) in [5.74, 6) is 1.18. The van der Waals surface area contributed by atoms with Crippen LogP contribution in [0.1, 0.15) is 6.42 Å². The van der Waals surface area contributed by atoms with Gasteiger partial charge in [-0.2, -0.15) is 4.98 Å². The molecule has 0 unspecified atom stereocenters. The molecule has 3 aromatic rings. The largest absolute Gasteiger partial charge is 0.481 e. The Labute approximate surface area is 123 Å². The molecule has 0 bridgehead atoms. The molecule has 0 atom stereocenters.